The van der Waals surface area contributed by atoms with Gasteiger partial charge in [0.25, 0.3) is 0 Å². The van der Waals surface area contributed by atoms with E-state index in [-0.39, 0.29) is 25.7 Å². The van der Waals surface area contributed by atoms with Crippen LogP contribution in [0.25, 0.3) is 0 Å². The summed E-state index contributed by atoms with van der Waals surface area (Å²) >= 11 is 0. The molecule has 0 aromatic carbocycles. The van der Waals surface area contributed by atoms with Gasteiger partial charge in [0.15, 0.2) is 12.2 Å². The first-order chi connectivity index (χ1) is 48.3. The summed E-state index contributed by atoms with van der Waals surface area (Å²) in [7, 11) is -9.93. The maximum atomic E-state index is 13.1. The minimum atomic E-state index is -4.97. The summed E-state index contributed by atoms with van der Waals surface area (Å²) < 4.78 is 68.6. The van der Waals surface area contributed by atoms with Crippen LogP contribution in [0.3, 0.4) is 0 Å². The summed E-state index contributed by atoms with van der Waals surface area (Å²) in [6.45, 7) is 11.8. The Hall–Kier alpha value is -2.46. The van der Waals surface area contributed by atoms with Crippen LogP contribution in [0, 0.1) is 17.8 Å². The standard InChI is InChI=1S/C81H154O17P2/c1-8-10-11-12-13-14-15-16-21-25-30-35-40-48-55-62-78(83)91-68-76(97-81(86)65-58-51-42-37-32-27-28-33-38-45-52-59-72(3)4)70-95-99(87,88)93-66-75(82)67-94-100(89,90)96-71-77(69-92-79(84)63-56-49-44-43-46-53-60-73(5)6)98-80(85)64-57-50-41-36-31-26-23-20-18-17-19-22-24-29-34-39-47-54-61-74(7)9-2/h14-16,21,72-77,82H,8-13,17-20,22-71H2,1-7H3,(H,87,88)(H,89,90)/b15-14-,21-16-/t74?,75-,76-,77-/m1/s1. The van der Waals surface area contributed by atoms with Crippen molar-refractivity contribution in [2.45, 2.75) is 414 Å². The average Bonchev–Trinajstić information content (AvgIpc) is 0.935. The van der Waals surface area contributed by atoms with Crippen LogP contribution in [0.2, 0.25) is 0 Å². The molecule has 100 heavy (non-hydrogen) atoms. The van der Waals surface area contributed by atoms with E-state index in [0.29, 0.717) is 31.6 Å². The van der Waals surface area contributed by atoms with Gasteiger partial charge in [-0.05, 0) is 69.1 Å². The van der Waals surface area contributed by atoms with Gasteiger partial charge in [-0.1, -0.05) is 342 Å². The number of esters is 4. The van der Waals surface area contributed by atoms with E-state index in [1.807, 2.05) is 0 Å². The van der Waals surface area contributed by atoms with Gasteiger partial charge in [0.2, 0.25) is 0 Å². The van der Waals surface area contributed by atoms with Crippen molar-refractivity contribution in [1.82, 2.24) is 0 Å². The van der Waals surface area contributed by atoms with Gasteiger partial charge in [-0.15, -0.1) is 0 Å². The molecule has 0 heterocycles. The Labute approximate surface area is 612 Å². The molecule has 0 spiro atoms. The molecule has 0 rings (SSSR count). The Bertz CT molecular complexity index is 2040. The van der Waals surface area contributed by atoms with Crippen molar-refractivity contribution in [2.75, 3.05) is 39.6 Å². The topological polar surface area (TPSA) is 237 Å². The Morgan fingerprint density at radius 3 is 0.890 bits per heavy atom. The second-order valence-corrected chi connectivity index (χ2v) is 32.6. The molecule has 0 saturated carbocycles. The molecule has 0 bridgehead atoms. The SMILES string of the molecule is CCCCCC/C=C\C=C/CCCCCCCC(=O)OC[C@H](COP(=O)(O)OC[C@@H](O)COP(=O)(O)OC[C@@H](COC(=O)CCCCCCCCC(C)C)OC(=O)CCCCCCCCCCCCCCCCCCCCC(C)CC)OC(=O)CCCCCCCCCCCCCC(C)C. The van der Waals surface area contributed by atoms with E-state index < -0.39 is 97.5 Å². The van der Waals surface area contributed by atoms with E-state index in [2.05, 4.69) is 72.8 Å². The summed E-state index contributed by atoms with van der Waals surface area (Å²) in [5.41, 5.74) is 0. The summed E-state index contributed by atoms with van der Waals surface area (Å²) in [5.74, 6) is 0.165. The van der Waals surface area contributed by atoms with E-state index in [0.717, 1.165) is 127 Å². The molecule has 0 aliphatic carbocycles. The molecular formula is C81H154O17P2. The maximum Gasteiger partial charge on any atom is 0.472 e. The smallest absolute Gasteiger partial charge is 0.462 e. The van der Waals surface area contributed by atoms with Crippen molar-refractivity contribution in [3.05, 3.63) is 24.3 Å². The Morgan fingerprint density at radius 2 is 0.590 bits per heavy atom. The first-order valence-electron chi connectivity index (χ1n) is 41.2. The number of aliphatic hydroxyl groups excluding tert-OH is 1. The van der Waals surface area contributed by atoms with Crippen LogP contribution >= 0.6 is 15.6 Å². The van der Waals surface area contributed by atoms with Crippen molar-refractivity contribution in [2.24, 2.45) is 17.8 Å². The van der Waals surface area contributed by atoms with Crippen LogP contribution in [0.4, 0.5) is 0 Å². The molecular weight excluding hydrogens is 1310 g/mol. The fraction of sp³-hybridized carbons (Fsp3) is 0.901. The average molecular weight is 1460 g/mol. The number of allylic oxidation sites excluding steroid dienone is 4. The summed E-state index contributed by atoms with van der Waals surface area (Å²) in [5, 5.41) is 10.6. The molecule has 3 unspecified atom stereocenters. The summed E-state index contributed by atoms with van der Waals surface area (Å²) in [4.78, 5) is 72.9. The number of hydrogen-bond acceptors (Lipinski definition) is 15. The molecule has 0 fully saturated rings. The van der Waals surface area contributed by atoms with Crippen LogP contribution in [-0.2, 0) is 65.4 Å². The Morgan fingerprint density at radius 1 is 0.330 bits per heavy atom. The number of phosphoric ester groups is 2. The third kappa shape index (κ3) is 72.5. The monoisotopic (exact) mass is 1460 g/mol. The highest BCUT2D eigenvalue weighted by Crippen LogP contribution is 2.45. The second kappa shape index (κ2) is 70.8. The predicted octanol–water partition coefficient (Wildman–Crippen LogP) is 23.7. The van der Waals surface area contributed by atoms with Gasteiger partial charge in [-0.3, -0.25) is 37.3 Å². The molecule has 0 radical (unpaired) electrons. The normalized spacial score (nSPS) is 14.4. The maximum absolute atomic E-state index is 13.1. The second-order valence-electron chi connectivity index (χ2n) is 29.7. The zero-order chi connectivity index (χ0) is 73.7. The highest BCUT2D eigenvalue weighted by molar-refractivity contribution is 7.47. The largest absolute Gasteiger partial charge is 0.472 e. The van der Waals surface area contributed by atoms with Crippen LogP contribution in [-0.4, -0.2) is 96.7 Å². The quantitative estimate of drug-likeness (QED) is 0.0169. The highest BCUT2D eigenvalue weighted by atomic mass is 31.2. The number of phosphoric acid groups is 2. The Balaban J connectivity index is 5.20. The molecule has 0 aliphatic rings. The number of rotatable bonds is 77. The fourth-order valence-electron chi connectivity index (χ4n) is 11.9. The highest BCUT2D eigenvalue weighted by Gasteiger charge is 2.30. The molecule has 0 saturated heterocycles. The van der Waals surface area contributed by atoms with Gasteiger partial charge in [0.05, 0.1) is 26.4 Å². The van der Waals surface area contributed by atoms with Crippen molar-refractivity contribution in [3.8, 4) is 0 Å². The van der Waals surface area contributed by atoms with Gasteiger partial charge in [-0.2, -0.15) is 0 Å². The van der Waals surface area contributed by atoms with Gasteiger partial charge in [0.1, 0.15) is 19.3 Å². The van der Waals surface area contributed by atoms with Crippen molar-refractivity contribution in [3.63, 3.8) is 0 Å². The third-order valence-corrected chi connectivity index (χ3v) is 20.5. The van der Waals surface area contributed by atoms with Crippen LogP contribution < -0.4 is 0 Å². The zero-order valence-corrected chi connectivity index (χ0v) is 66.9. The molecule has 17 nitrogen and oxygen atoms in total. The lowest BCUT2D eigenvalue weighted by Gasteiger charge is -2.21. The molecule has 6 atom stereocenters. The zero-order valence-electron chi connectivity index (χ0n) is 65.2. The number of aliphatic hydroxyl groups is 1. The van der Waals surface area contributed by atoms with Crippen molar-refractivity contribution < 1.29 is 80.2 Å². The van der Waals surface area contributed by atoms with E-state index in [9.17, 15) is 43.2 Å². The minimum Gasteiger partial charge on any atom is -0.462 e. The van der Waals surface area contributed by atoms with E-state index in [4.69, 9.17) is 37.0 Å². The first-order valence-corrected chi connectivity index (χ1v) is 44.2. The molecule has 0 amide bonds. The lowest BCUT2D eigenvalue weighted by atomic mass is 9.99. The molecule has 0 aromatic heterocycles. The van der Waals surface area contributed by atoms with Crippen LogP contribution in [0.15, 0.2) is 24.3 Å². The molecule has 0 aliphatic heterocycles. The number of ether oxygens (including phenoxy) is 4. The van der Waals surface area contributed by atoms with Crippen LogP contribution in [0.5, 0.6) is 0 Å². The Kier molecular flexibility index (Phi) is 69.1. The molecule has 3 N–H and O–H groups in total. The van der Waals surface area contributed by atoms with Gasteiger partial charge in [-0.25, -0.2) is 9.13 Å². The summed E-state index contributed by atoms with van der Waals surface area (Å²) in [6.07, 6.45) is 62.1. The minimum absolute atomic E-state index is 0.0993. The first kappa shape index (κ1) is 97.5. The van der Waals surface area contributed by atoms with Crippen molar-refractivity contribution >= 4 is 39.5 Å². The number of hydrogen-bond donors (Lipinski definition) is 3. The van der Waals surface area contributed by atoms with Crippen molar-refractivity contribution in [1.29, 1.82) is 0 Å². The number of carbonyl (C=O) groups excluding carboxylic acids is 4. The lowest BCUT2D eigenvalue weighted by Crippen LogP contribution is -2.30. The van der Waals surface area contributed by atoms with Gasteiger partial charge in [0, 0.05) is 25.7 Å². The third-order valence-electron chi connectivity index (χ3n) is 18.6. The number of carbonyl (C=O) groups is 4. The molecule has 0 aromatic rings. The van der Waals surface area contributed by atoms with E-state index in [1.165, 1.54) is 180 Å². The lowest BCUT2D eigenvalue weighted by molar-refractivity contribution is -0.161. The molecule has 590 valence electrons. The van der Waals surface area contributed by atoms with E-state index >= 15 is 0 Å². The molecule has 19 heteroatoms. The van der Waals surface area contributed by atoms with Gasteiger partial charge >= 0.3 is 39.5 Å². The van der Waals surface area contributed by atoms with Crippen LogP contribution in [0.1, 0.15) is 395 Å². The van der Waals surface area contributed by atoms with Gasteiger partial charge < -0.3 is 33.8 Å². The number of unbranched alkanes of at least 4 members (excludes halogenated alkanes) is 41. The van der Waals surface area contributed by atoms with E-state index in [1.54, 1.807) is 0 Å². The fourth-order valence-corrected chi connectivity index (χ4v) is 13.5. The predicted molar refractivity (Wildman–Crippen MR) is 409 cm³/mol. The summed E-state index contributed by atoms with van der Waals surface area (Å²) in [6, 6.07) is 0.